The molecule has 1 heterocycles. The summed E-state index contributed by atoms with van der Waals surface area (Å²) in [6.45, 7) is 4.16. The first-order valence-electron chi connectivity index (χ1n) is 6.53. The Labute approximate surface area is 125 Å². The number of hydrogen-bond donors (Lipinski definition) is 0. The van der Waals surface area contributed by atoms with Gasteiger partial charge in [-0.15, -0.1) is 0 Å². The Hall–Kier alpha value is -1.49. The van der Waals surface area contributed by atoms with E-state index >= 15 is 0 Å². The van der Waals surface area contributed by atoms with Crippen LogP contribution < -0.4 is 0 Å². The van der Waals surface area contributed by atoms with E-state index in [-0.39, 0.29) is 12.2 Å². The Morgan fingerprint density at radius 1 is 1.45 bits per heavy atom. The molecule has 0 aliphatic rings. The Kier molecular flexibility index (Phi) is 4.70. The smallest absolute Gasteiger partial charge is 0.169 e. The number of carbonyl (C=O) groups excluding carboxylic acids is 1. The summed E-state index contributed by atoms with van der Waals surface area (Å²) >= 11 is 3.19. The summed E-state index contributed by atoms with van der Waals surface area (Å²) < 4.78 is 15.7. The zero-order valence-electron chi connectivity index (χ0n) is 11.4. The van der Waals surface area contributed by atoms with E-state index in [0.717, 1.165) is 6.42 Å². The third-order valence-electron chi connectivity index (χ3n) is 3.23. The molecule has 2 rings (SSSR count). The molecule has 1 aromatic carbocycles. The lowest BCUT2D eigenvalue weighted by molar-refractivity contribution is 0.0991. The number of carbonyl (C=O) groups is 1. The third kappa shape index (κ3) is 3.54. The number of Topliss-reactive ketones (excluding diaryl/α,β-unsaturated/α-hetero) is 1. The highest BCUT2D eigenvalue weighted by Gasteiger charge is 2.12. The van der Waals surface area contributed by atoms with E-state index in [1.807, 2.05) is 16.9 Å². The van der Waals surface area contributed by atoms with Gasteiger partial charge in [0.15, 0.2) is 5.78 Å². The van der Waals surface area contributed by atoms with Gasteiger partial charge in [-0.1, -0.05) is 22.9 Å². The predicted molar refractivity (Wildman–Crippen MR) is 79.4 cm³/mol. The number of ketones is 1. The molecule has 3 nitrogen and oxygen atoms in total. The largest absolute Gasteiger partial charge is 0.294 e. The Bertz CT molecular complexity index is 604. The molecule has 106 valence electrons. The van der Waals surface area contributed by atoms with Crippen molar-refractivity contribution in [1.82, 2.24) is 9.78 Å². The van der Waals surface area contributed by atoms with Gasteiger partial charge < -0.3 is 0 Å². The maximum absolute atomic E-state index is 13.3. The maximum atomic E-state index is 13.3. The van der Waals surface area contributed by atoms with Crippen molar-refractivity contribution in [2.75, 3.05) is 0 Å². The molecule has 1 aromatic heterocycles. The van der Waals surface area contributed by atoms with Crippen LogP contribution in [0.2, 0.25) is 0 Å². The number of hydrogen-bond acceptors (Lipinski definition) is 2. The number of benzene rings is 1. The van der Waals surface area contributed by atoms with Crippen LogP contribution in [0.25, 0.3) is 0 Å². The average molecular weight is 339 g/mol. The molecule has 0 amide bonds. The quantitative estimate of drug-likeness (QED) is 0.766. The fraction of sp³-hybridized carbons (Fsp3) is 0.333. The molecule has 1 unspecified atom stereocenters. The van der Waals surface area contributed by atoms with Crippen LogP contribution in [0.1, 0.15) is 42.4 Å². The van der Waals surface area contributed by atoms with Gasteiger partial charge in [0.25, 0.3) is 0 Å². The van der Waals surface area contributed by atoms with E-state index in [4.69, 9.17) is 0 Å². The highest BCUT2D eigenvalue weighted by atomic mass is 79.9. The second-order valence-corrected chi connectivity index (χ2v) is 5.72. The van der Waals surface area contributed by atoms with Gasteiger partial charge >= 0.3 is 0 Å². The topological polar surface area (TPSA) is 34.9 Å². The summed E-state index contributed by atoms with van der Waals surface area (Å²) in [5.74, 6) is -0.563. The minimum absolute atomic E-state index is 0.139. The summed E-state index contributed by atoms with van der Waals surface area (Å²) in [5.41, 5.74) is 1.06. The van der Waals surface area contributed by atoms with Gasteiger partial charge in [0.2, 0.25) is 0 Å². The number of nitrogens with zero attached hydrogens (tertiary/aromatic N) is 2. The molecule has 0 aliphatic heterocycles. The maximum Gasteiger partial charge on any atom is 0.169 e. The normalized spacial score (nSPS) is 12.4. The first-order valence-corrected chi connectivity index (χ1v) is 7.32. The van der Waals surface area contributed by atoms with Crippen molar-refractivity contribution >= 4 is 21.7 Å². The summed E-state index contributed by atoms with van der Waals surface area (Å²) in [5, 5.41) is 4.38. The lowest BCUT2D eigenvalue weighted by Crippen LogP contribution is -2.08. The monoisotopic (exact) mass is 338 g/mol. The molecule has 0 spiro atoms. The van der Waals surface area contributed by atoms with Crippen LogP contribution in [0, 0.1) is 5.82 Å². The standard InChI is InChI=1S/C15H16BrFN2O/c1-3-10(2)19-5-4-14(18-19)9-15(20)11-6-12(16)8-13(17)7-11/h4-8,10H,3,9H2,1-2H3. The summed E-state index contributed by atoms with van der Waals surface area (Å²) in [4.78, 5) is 12.1. The van der Waals surface area contributed by atoms with E-state index in [9.17, 15) is 9.18 Å². The molecular weight excluding hydrogens is 323 g/mol. The van der Waals surface area contributed by atoms with E-state index in [0.29, 0.717) is 21.8 Å². The molecule has 0 N–H and O–H groups in total. The fourth-order valence-corrected chi connectivity index (χ4v) is 2.35. The minimum atomic E-state index is -0.423. The van der Waals surface area contributed by atoms with Crippen molar-refractivity contribution in [3.05, 3.63) is 52.0 Å². The van der Waals surface area contributed by atoms with Crippen molar-refractivity contribution in [2.45, 2.75) is 32.7 Å². The van der Waals surface area contributed by atoms with Gasteiger partial charge in [0, 0.05) is 22.3 Å². The summed E-state index contributed by atoms with van der Waals surface area (Å²) in [6.07, 6.45) is 3.03. The van der Waals surface area contributed by atoms with Crippen LogP contribution in [-0.4, -0.2) is 15.6 Å². The van der Waals surface area contributed by atoms with Gasteiger partial charge in [0.1, 0.15) is 5.82 Å². The average Bonchev–Trinajstić information content (AvgIpc) is 2.85. The molecule has 0 bridgehead atoms. The van der Waals surface area contributed by atoms with E-state index < -0.39 is 5.82 Å². The molecular formula is C15H16BrFN2O. The molecule has 0 fully saturated rings. The molecule has 2 aromatic rings. The lowest BCUT2D eigenvalue weighted by Gasteiger charge is -2.08. The van der Waals surface area contributed by atoms with E-state index in [1.165, 1.54) is 12.1 Å². The molecule has 0 saturated carbocycles. The van der Waals surface area contributed by atoms with Crippen LogP contribution in [0.15, 0.2) is 34.9 Å². The molecule has 5 heteroatoms. The van der Waals surface area contributed by atoms with Crippen LogP contribution in [0.5, 0.6) is 0 Å². The molecule has 20 heavy (non-hydrogen) atoms. The number of rotatable bonds is 5. The summed E-state index contributed by atoms with van der Waals surface area (Å²) in [6, 6.07) is 6.34. The number of aromatic nitrogens is 2. The van der Waals surface area contributed by atoms with Gasteiger partial charge in [-0.3, -0.25) is 9.48 Å². The summed E-state index contributed by atoms with van der Waals surface area (Å²) in [7, 11) is 0. The molecule has 1 atom stereocenters. The SMILES string of the molecule is CCC(C)n1ccc(CC(=O)c2cc(F)cc(Br)c2)n1. The van der Waals surface area contributed by atoms with Crippen molar-refractivity contribution < 1.29 is 9.18 Å². The molecule has 0 aliphatic carbocycles. The fourth-order valence-electron chi connectivity index (χ4n) is 1.89. The molecule has 0 saturated heterocycles. The zero-order valence-corrected chi connectivity index (χ0v) is 13.0. The first-order chi connectivity index (χ1) is 9.49. The van der Waals surface area contributed by atoms with Gasteiger partial charge in [0.05, 0.1) is 12.1 Å². The lowest BCUT2D eigenvalue weighted by atomic mass is 10.1. The van der Waals surface area contributed by atoms with Crippen LogP contribution in [0.3, 0.4) is 0 Å². The van der Waals surface area contributed by atoms with Gasteiger partial charge in [-0.25, -0.2) is 4.39 Å². The van der Waals surface area contributed by atoms with Crippen molar-refractivity contribution in [3.63, 3.8) is 0 Å². The Balaban J connectivity index is 2.13. The second kappa shape index (κ2) is 6.31. The highest BCUT2D eigenvalue weighted by molar-refractivity contribution is 9.10. The van der Waals surface area contributed by atoms with Crippen molar-refractivity contribution in [1.29, 1.82) is 0 Å². The Morgan fingerprint density at radius 3 is 2.85 bits per heavy atom. The number of halogens is 2. The van der Waals surface area contributed by atoms with Crippen molar-refractivity contribution in [2.24, 2.45) is 0 Å². The predicted octanol–water partition coefficient (Wildman–Crippen LogP) is 4.18. The van der Waals surface area contributed by atoms with Crippen LogP contribution >= 0.6 is 15.9 Å². The van der Waals surface area contributed by atoms with E-state index in [1.54, 1.807) is 6.07 Å². The zero-order chi connectivity index (χ0) is 14.7. The third-order valence-corrected chi connectivity index (χ3v) is 3.69. The van der Waals surface area contributed by atoms with Gasteiger partial charge in [-0.05, 0) is 37.6 Å². The first kappa shape index (κ1) is 14.9. The van der Waals surface area contributed by atoms with Crippen LogP contribution in [-0.2, 0) is 6.42 Å². The Morgan fingerprint density at radius 2 is 2.20 bits per heavy atom. The van der Waals surface area contributed by atoms with E-state index in [2.05, 4.69) is 34.9 Å². The van der Waals surface area contributed by atoms with Gasteiger partial charge in [-0.2, -0.15) is 5.10 Å². The molecule has 0 radical (unpaired) electrons. The minimum Gasteiger partial charge on any atom is -0.294 e. The highest BCUT2D eigenvalue weighted by Crippen LogP contribution is 2.17. The second-order valence-electron chi connectivity index (χ2n) is 4.80. The van der Waals surface area contributed by atoms with Crippen molar-refractivity contribution in [3.8, 4) is 0 Å². The van der Waals surface area contributed by atoms with Crippen LogP contribution in [0.4, 0.5) is 4.39 Å².